The lowest BCUT2D eigenvalue weighted by atomic mass is 10.1. The van der Waals surface area contributed by atoms with Crippen molar-refractivity contribution >= 4 is 74.3 Å². The number of hydrogen-bond donors (Lipinski definition) is 0. The monoisotopic (exact) mass is 538 g/mol. The highest BCUT2D eigenvalue weighted by Crippen LogP contribution is 2.31. The fourth-order valence-electron chi connectivity index (χ4n) is 4.02. The molecule has 0 spiro atoms. The summed E-state index contributed by atoms with van der Waals surface area (Å²) < 4.78 is 2.62. The number of thioether (sulfide) groups is 1. The summed E-state index contributed by atoms with van der Waals surface area (Å²) in [6.07, 6.45) is 9.95. The Morgan fingerprint density at radius 1 is 1.11 bits per heavy atom. The molecule has 1 aromatic carbocycles. The minimum absolute atomic E-state index is 0.138. The summed E-state index contributed by atoms with van der Waals surface area (Å²) in [6.45, 7) is 6.42. The van der Waals surface area contributed by atoms with Crippen molar-refractivity contribution in [3.05, 3.63) is 78.9 Å². The van der Waals surface area contributed by atoms with Crippen LogP contribution in [0.1, 0.15) is 26.3 Å². The molecule has 0 aliphatic carbocycles. The summed E-state index contributed by atoms with van der Waals surface area (Å²) in [5.41, 5.74) is 4.04. The number of anilines is 1. The van der Waals surface area contributed by atoms with E-state index in [1.54, 1.807) is 6.08 Å². The van der Waals surface area contributed by atoms with Crippen molar-refractivity contribution in [2.45, 2.75) is 27.3 Å². The third-order valence-electron chi connectivity index (χ3n) is 5.72. The van der Waals surface area contributed by atoms with Crippen molar-refractivity contribution in [3.8, 4) is 0 Å². The Morgan fingerprint density at radius 3 is 2.56 bits per heavy atom. The molecule has 0 atom stereocenters. The smallest absolute Gasteiger partial charge is 0.269 e. The first-order chi connectivity index (χ1) is 17.2. The van der Waals surface area contributed by atoms with Crippen molar-refractivity contribution in [3.63, 3.8) is 0 Å². The SMILES string of the molecule is CCN1/C(=C/C=C(C)/C=c2\s/c(=C3\SC(=S)N(CC(=O)[O-])C3=O)n(CC)c2=O)C=Cc2ccccc21. The first kappa shape index (κ1) is 25.9. The van der Waals surface area contributed by atoms with Crippen molar-refractivity contribution in [2.24, 2.45) is 0 Å². The number of para-hydroxylation sites is 1. The Bertz CT molecular complexity index is 1530. The van der Waals surface area contributed by atoms with Crippen LogP contribution in [0.4, 0.5) is 5.69 Å². The lowest BCUT2D eigenvalue weighted by Crippen LogP contribution is -2.40. The van der Waals surface area contributed by atoms with Crippen LogP contribution in [-0.2, 0) is 16.1 Å². The molecule has 2 aromatic rings. The van der Waals surface area contributed by atoms with Crippen molar-refractivity contribution in [1.29, 1.82) is 0 Å². The average molecular weight is 539 g/mol. The number of carbonyl (C=O) groups is 2. The molecule has 0 radical (unpaired) electrons. The highest BCUT2D eigenvalue weighted by atomic mass is 32.2. The minimum atomic E-state index is -1.39. The lowest BCUT2D eigenvalue weighted by molar-refractivity contribution is -0.305. The number of nitrogens with zero attached hydrogens (tertiary/aromatic N) is 3. The summed E-state index contributed by atoms with van der Waals surface area (Å²) in [5.74, 6) is -1.92. The van der Waals surface area contributed by atoms with E-state index in [-0.39, 0.29) is 14.8 Å². The summed E-state index contributed by atoms with van der Waals surface area (Å²) in [6, 6.07) is 8.23. The lowest BCUT2D eigenvalue weighted by Gasteiger charge is -2.29. The highest BCUT2D eigenvalue weighted by molar-refractivity contribution is 8.30. The van der Waals surface area contributed by atoms with Crippen LogP contribution < -0.4 is 24.8 Å². The molecule has 1 amide bonds. The van der Waals surface area contributed by atoms with Gasteiger partial charge in [-0.2, -0.15) is 0 Å². The van der Waals surface area contributed by atoms with E-state index in [9.17, 15) is 19.5 Å². The zero-order valence-electron chi connectivity index (χ0n) is 20.0. The van der Waals surface area contributed by atoms with Crippen LogP contribution in [-0.4, -0.2) is 38.8 Å². The van der Waals surface area contributed by atoms with E-state index in [0.717, 1.165) is 40.2 Å². The first-order valence-corrected chi connectivity index (χ1v) is 13.4. The third kappa shape index (κ3) is 5.02. The van der Waals surface area contributed by atoms with E-state index in [1.807, 2.05) is 38.1 Å². The third-order valence-corrected chi connectivity index (χ3v) is 8.42. The molecule has 0 N–H and O–H groups in total. The van der Waals surface area contributed by atoms with E-state index < -0.39 is 18.4 Å². The second-order valence-electron chi connectivity index (χ2n) is 8.06. The molecule has 2 aliphatic heterocycles. The first-order valence-electron chi connectivity index (χ1n) is 11.4. The van der Waals surface area contributed by atoms with Crippen LogP contribution in [0.25, 0.3) is 17.1 Å². The van der Waals surface area contributed by atoms with Gasteiger partial charge >= 0.3 is 0 Å². The average Bonchev–Trinajstić information content (AvgIpc) is 3.31. The zero-order chi connectivity index (χ0) is 26.0. The van der Waals surface area contributed by atoms with Crippen LogP contribution >= 0.6 is 35.3 Å². The molecular formula is C26H24N3O4S3-. The van der Waals surface area contributed by atoms with Gasteiger partial charge in [-0.25, -0.2) is 0 Å². The Kier molecular flexibility index (Phi) is 7.77. The van der Waals surface area contributed by atoms with Gasteiger partial charge in [0.05, 0.1) is 17.0 Å². The summed E-state index contributed by atoms with van der Waals surface area (Å²) in [5, 5.41) is 11.0. The van der Waals surface area contributed by atoms with Crippen LogP contribution in [0.15, 0.2) is 58.6 Å². The minimum Gasteiger partial charge on any atom is -0.548 e. The molecule has 186 valence electrons. The number of hydrogen-bond acceptors (Lipinski definition) is 8. The summed E-state index contributed by atoms with van der Waals surface area (Å²) in [4.78, 5) is 40.4. The van der Waals surface area contributed by atoms with Gasteiger partial charge in [0.1, 0.15) is 13.9 Å². The van der Waals surface area contributed by atoms with Crippen LogP contribution in [0.5, 0.6) is 0 Å². The van der Waals surface area contributed by atoms with Gasteiger partial charge in [-0.15, -0.1) is 11.3 Å². The van der Waals surface area contributed by atoms with E-state index >= 15 is 0 Å². The quantitative estimate of drug-likeness (QED) is 0.519. The van der Waals surface area contributed by atoms with Gasteiger partial charge in [-0.05, 0) is 56.2 Å². The molecule has 36 heavy (non-hydrogen) atoms. The number of thiazole rings is 1. The van der Waals surface area contributed by atoms with Gasteiger partial charge in [0.15, 0.2) is 0 Å². The van der Waals surface area contributed by atoms with Gasteiger partial charge in [0.25, 0.3) is 11.5 Å². The highest BCUT2D eigenvalue weighted by Gasteiger charge is 2.34. The van der Waals surface area contributed by atoms with E-state index in [2.05, 4.69) is 36.1 Å². The van der Waals surface area contributed by atoms with E-state index in [4.69, 9.17) is 12.2 Å². The maximum Gasteiger partial charge on any atom is 0.269 e. The second-order valence-corrected chi connectivity index (χ2v) is 10.7. The van der Waals surface area contributed by atoms with Gasteiger partial charge in [-0.3, -0.25) is 19.1 Å². The number of carboxylic acids is 1. The maximum atomic E-state index is 13.1. The fourth-order valence-corrected chi connectivity index (χ4v) is 6.64. The molecule has 1 aromatic heterocycles. The number of thiocarbonyl (C=S) groups is 1. The molecule has 0 saturated carbocycles. The van der Waals surface area contributed by atoms with Gasteiger partial charge in [-0.1, -0.05) is 54.3 Å². The van der Waals surface area contributed by atoms with Crippen LogP contribution in [0.3, 0.4) is 0 Å². The molecule has 0 unspecified atom stereocenters. The maximum absolute atomic E-state index is 13.1. The Labute approximate surface area is 222 Å². The molecule has 2 aliphatic rings. The Morgan fingerprint density at radius 2 is 1.86 bits per heavy atom. The number of allylic oxidation sites excluding steroid dienone is 4. The number of carboxylic acid groups (broad SMARTS) is 1. The van der Waals surface area contributed by atoms with Crippen LogP contribution in [0, 0.1) is 0 Å². The molecule has 1 saturated heterocycles. The van der Waals surface area contributed by atoms with Crippen LogP contribution in [0.2, 0.25) is 0 Å². The number of benzene rings is 1. The number of fused-ring (bicyclic) bond motifs is 1. The molecule has 1 fully saturated rings. The fraction of sp³-hybridized carbons (Fsp3) is 0.231. The standard InChI is InChI=1S/C26H25N3O4S3/c1-4-27-18(13-11-17-8-6-7-9-19(17)27)12-10-16(3)14-20-23(32)28(5-2)25(35-20)22-24(33)29(15-21(30)31)26(34)36-22/h6-14H,4-5,15H2,1-3H3,(H,30,31)/p-1/b16-10+,18-12+,20-14-,25-22-. The normalized spacial score (nSPS) is 19.0. The van der Waals surface area contributed by atoms with Crippen molar-refractivity contribution < 1.29 is 14.7 Å². The molecule has 7 nitrogen and oxygen atoms in total. The number of aromatic nitrogens is 1. The molecule has 10 heteroatoms. The molecule has 0 bridgehead atoms. The second kappa shape index (κ2) is 10.8. The Balaban J connectivity index is 1.72. The topological polar surface area (TPSA) is 85.7 Å². The van der Waals surface area contributed by atoms with E-state index in [1.165, 1.54) is 21.5 Å². The molecule has 4 rings (SSSR count). The van der Waals surface area contributed by atoms with Gasteiger partial charge < -0.3 is 14.8 Å². The summed E-state index contributed by atoms with van der Waals surface area (Å²) >= 11 is 7.39. The molecular weight excluding hydrogens is 515 g/mol. The van der Waals surface area contributed by atoms with Gasteiger partial charge in [0.2, 0.25) is 0 Å². The number of rotatable bonds is 6. The zero-order valence-corrected chi connectivity index (χ0v) is 22.5. The van der Waals surface area contributed by atoms with E-state index in [0.29, 0.717) is 15.7 Å². The summed E-state index contributed by atoms with van der Waals surface area (Å²) in [7, 11) is 0. The number of amides is 1. The predicted molar refractivity (Wildman–Crippen MR) is 149 cm³/mol. The predicted octanol–water partition coefficient (Wildman–Crippen LogP) is 1.81. The Hall–Kier alpha value is -3.21. The number of aliphatic carboxylic acids is 1. The number of carbonyl (C=O) groups excluding carboxylic acids is 2. The number of likely N-dealkylation sites (N-methyl/N-ethyl adjacent to an activating group) is 1. The van der Waals surface area contributed by atoms with Crippen molar-refractivity contribution in [1.82, 2.24) is 9.47 Å². The largest absolute Gasteiger partial charge is 0.548 e. The van der Waals surface area contributed by atoms with Gasteiger partial charge in [0, 0.05) is 24.5 Å². The molecule has 3 heterocycles. The van der Waals surface area contributed by atoms with Crippen molar-refractivity contribution in [2.75, 3.05) is 18.0 Å².